The Hall–Kier alpha value is -1.40. The third-order valence-corrected chi connectivity index (χ3v) is 3.03. The highest BCUT2D eigenvalue weighted by Crippen LogP contribution is 2.10. The number of halogens is 2. The highest BCUT2D eigenvalue weighted by molar-refractivity contribution is 7.07. The van der Waals surface area contributed by atoms with Gasteiger partial charge in [0.15, 0.2) is 5.82 Å². The van der Waals surface area contributed by atoms with Crippen LogP contribution in [0.25, 0.3) is 0 Å². The molecule has 0 bridgehead atoms. The summed E-state index contributed by atoms with van der Waals surface area (Å²) >= 11 is 7.13. The maximum atomic E-state index is 13.3. The summed E-state index contributed by atoms with van der Waals surface area (Å²) in [6, 6.07) is 1.99. The molecule has 2 aromatic heterocycles. The van der Waals surface area contributed by atoms with Crippen LogP contribution in [0.2, 0.25) is 5.28 Å². The Morgan fingerprint density at radius 3 is 3.12 bits per heavy atom. The van der Waals surface area contributed by atoms with Gasteiger partial charge in [-0.2, -0.15) is 20.7 Å². The van der Waals surface area contributed by atoms with Crippen molar-refractivity contribution in [2.45, 2.75) is 6.42 Å². The Morgan fingerprint density at radius 1 is 1.59 bits per heavy atom. The second kappa shape index (κ2) is 5.29. The average molecular weight is 274 g/mol. The fourth-order valence-corrected chi connectivity index (χ4v) is 2.18. The monoisotopic (exact) mass is 273 g/mol. The van der Waals surface area contributed by atoms with E-state index in [2.05, 4.69) is 15.3 Å². The number of nitrogens with one attached hydrogen (secondary N) is 2. The van der Waals surface area contributed by atoms with E-state index >= 15 is 0 Å². The minimum absolute atomic E-state index is 0.117. The maximum absolute atomic E-state index is 13.3. The van der Waals surface area contributed by atoms with E-state index in [-0.39, 0.29) is 11.1 Å². The number of thiophene rings is 1. The van der Waals surface area contributed by atoms with Crippen LogP contribution in [-0.4, -0.2) is 16.5 Å². The van der Waals surface area contributed by atoms with Crippen molar-refractivity contribution >= 4 is 28.8 Å². The molecule has 2 rings (SSSR count). The van der Waals surface area contributed by atoms with Crippen LogP contribution in [-0.2, 0) is 6.42 Å². The van der Waals surface area contributed by atoms with Gasteiger partial charge in [-0.3, -0.25) is 9.78 Å². The third kappa shape index (κ3) is 3.04. The molecule has 17 heavy (non-hydrogen) atoms. The minimum atomic E-state index is -0.945. The first-order valence-electron chi connectivity index (χ1n) is 4.87. The van der Waals surface area contributed by atoms with Crippen LogP contribution in [0.4, 0.5) is 10.2 Å². The SMILES string of the molecule is O=c1[nH]c(Cl)nc(NCCc2ccsc2)c1F. The molecule has 0 saturated heterocycles. The molecule has 2 heterocycles. The van der Waals surface area contributed by atoms with E-state index in [1.54, 1.807) is 11.3 Å². The molecule has 0 saturated carbocycles. The van der Waals surface area contributed by atoms with Crippen LogP contribution in [0.1, 0.15) is 5.56 Å². The number of hydrogen-bond donors (Lipinski definition) is 2. The smallest absolute Gasteiger partial charge is 0.290 e. The number of hydrogen-bond acceptors (Lipinski definition) is 4. The molecule has 90 valence electrons. The number of H-pyrrole nitrogens is 1. The zero-order chi connectivity index (χ0) is 12.3. The van der Waals surface area contributed by atoms with Gasteiger partial charge in [-0.1, -0.05) is 0 Å². The van der Waals surface area contributed by atoms with Crippen molar-refractivity contribution in [3.8, 4) is 0 Å². The Labute approximate surface area is 105 Å². The normalized spacial score (nSPS) is 10.5. The molecule has 0 atom stereocenters. The second-order valence-corrected chi connectivity index (χ2v) is 4.47. The first-order chi connectivity index (χ1) is 8.16. The lowest BCUT2D eigenvalue weighted by Gasteiger charge is -2.05. The van der Waals surface area contributed by atoms with Crippen LogP contribution < -0.4 is 10.9 Å². The predicted octanol–water partition coefficient (Wildman–Crippen LogP) is 2.28. The van der Waals surface area contributed by atoms with E-state index < -0.39 is 11.4 Å². The summed E-state index contributed by atoms with van der Waals surface area (Å²) in [5.41, 5.74) is 0.280. The molecular weight excluding hydrogens is 265 g/mol. The standard InChI is InChI=1S/C10H9ClFN3OS/c11-10-14-8(7(12)9(16)15-10)13-3-1-6-2-4-17-5-6/h2,4-5H,1,3H2,(H2,13,14,15,16). The van der Waals surface area contributed by atoms with Crippen molar-refractivity contribution in [2.24, 2.45) is 0 Å². The molecule has 0 aliphatic heterocycles. The van der Waals surface area contributed by atoms with E-state index in [1.807, 2.05) is 16.8 Å². The lowest BCUT2D eigenvalue weighted by Crippen LogP contribution is -2.17. The predicted molar refractivity (Wildman–Crippen MR) is 66.3 cm³/mol. The summed E-state index contributed by atoms with van der Waals surface area (Å²) in [6.07, 6.45) is 0.731. The van der Waals surface area contributed by atoms with Crippen molar-refractivity contribution in [1.82, 2.24) is 9.97 Å². The van der Waals surface area contributed by atoms with E-state index in [4.69, 9.17) is 11.6 Å². The van der Waals surface area contributed by atoms with Gasteiger partial charge in [0.2, 0.25) is 11.1 Å². The Kier molecular flexibility index (Phi) is 3.75. The zero-order valence-electron chi connectivity index (χ0n) is 8.67. The molecule has 0 radical (unpaired) electrons. The van der Waals surface area contributed by atoms with Crippen LogP contribution in [0.5, 0.6) is 0 Å². The largest absolute Gasteiger partial charge is 0.367 e. The molecule has 2 aromatic rings. The van der Waals surface area contributed by atoms with Crippen molar-refractivity contribution in [1.29, 1.82) is 0 Å². The Balaban J connectivity index is 2.02. The van der Waals surface area contributed by atoms with Gasteiger partial charge in [0.1, 0.15) is 0 Å². The fraction of sp³-hybridized carbons (Fsp3) is 0.200. The van der Waals surface area contributed by atoms with E-state index in [0.717, 1.165) is 12.0 Å². The first-order valence-corrected chi connectivity index (χ1v) is 6.19. The summed E-state index contributed by atoms with van der Waals surface area (Å²) in [5.74, 6) is -1.06. The van der Waals surface area contributed by atoms with Gasteiger partial charge in [0.05, 0.1) is 0 Å². The molecule has 2 N–H and O–H groups in total. The molecule has 7 heteroatoms. The Bertz CT molecular complexity index is 555. The van der Waals surface area contributed by atoms with Gasteiger partial charge >= 0.3 is 0 Å². The second-order valence-electron chi connectivity index (χ2n) is 3.33. The molecule has 0 fully saturated rings. The summed E-state index contributed by atoms with van der Waals surface area (Å²) in [7, 11) is 0. The highest BCUT2D eigenvalue weighted by Gasteiger charge is 2.09. The number of nitrogens with zero attached hydrogens (tertiary/aromatic N) is 1. The molecule has 0 unspecified atom stereocenters. The van der Waals surface area contributed by atoms with Crippen LogP contribution in [0.15, 0.2) is 21.6 Å². The molecule has 0 aliphatic carbocycles. The molecule has 0 aliphatic rings. The van der Waals surface area contributed by atoms with E-state index in [1.165, 1.54) is 0 Å². The minimum Gasteiger partial charge on any atom is -0.367 e. The van der Waals surface area contributed by atoms with Gasteiger partial charge in [-0.25, -0.2) is 0 Å². The third-order valence-electron chi connectivity index (χ3n) is 2.12. The maximum Gasteiger partial charge on any atom is 0.290 e. The fourth-order valence-electron chi connectivity index (χ4n) is 1.31. The molecule has 4 nitrogen and oxygen atoms in total. The number of aromatic nitrogens is 2. The van der Waals surface area contributed by atoms with Crippen molar-refractivity contribution in [3.05, 3.63) is 43.8 Å². The summed E-state index contributed by atoms with van der Waals surface area (Å²) in [4.78, 5) is 16.8. The molecule has 0 spiro atoms. The summed E-state index contributed by atoms with van der Waals surface area (Å²) in [5, 5.41) is 6.60. The molecule has 0 amide bonds. The van der Waals surface area contributed by atoms with Crippen LogP contribution >= 0.6 is 22.9 Å². The number of aromatic amines is 1. The van der Waals surface area contributed by atoms with Crippen LogP contribution in [0.3, 0.4) is 0 Å². The number of rotatable bonds is 4. The quantitative estimate of drug-likeness (QED) is 0.841. The van der Waals surface area contributed by atoms with Crippen LogP contribution in [0, 0.1) is 5.82 Å². The van der Waals surface area contributed by atoms with Gasteiger partial charge in [-0.05, 0) is 40.4 Å². The number of anilines is 1. The van der Waals surface area contributed by atoms with Gasteiger partial charge < -0.3 is 5.32 Å². The lowest BCUT2D eigenvalue weighted by molar-refractivity contribution is 0.603. The van der Waals surface area contributed by atoms with Gasteiger partial charge in [0.25, 0.3) is 5.56 Å². The van der Waals surface area contributed by atoms with Crippen molar-refractivity contribution in [3.63, 3.8) is 0 Å². The van der Waals surface area contributed by atoms with Crippen molar-refractivity contribution < 1.29 is 4.39 Å². The van der Waals surface area contributed by atoms with Gasteiger partial charge in [0, 0.05) is 6.54 Å². The first kappa shape index (κ1) is 12.1. The van der Waals surface area contributed by atoms with E-state index in [9.17, 15) is 9.18 Å². The summed E-state index contributed by atoms with van der Waals surface area (Å²) in [6.45, 7) is 0.487. The topological polar surface area (TPSA) is 57.8 Å². The van der Waals surface area contributed by atoms with E-state index in [0.29, 0.717) is 6.54 Å². The molecular formula is C10H9ClFN3OS. The molecule has 0 aromatic carbocycles. The Morgan fingerprint density at radius 2 is 2.41 bits per heavy atom. The lowest BCUT2D eigenvalue weighted by atomic mass is 10.2. The average Bonchev–Trinajstić information content (AvgIpc) is 2.78. The summed E-state index contributed by atoms with van der Waals surface area (Å²) < 4.78 is 13.3. The van der Waals surface area contributed by atoms with Crippen molar-refractivity contribution in [2.75, 3.05) is 11.9 Å². The zero-order valence-corrected chi connectivity index (χ0v) is 10.2. The highest BCUT2D eigenvalue weighted by atomic mass is 35.5. The van der Waals surface area contributed by atoms with Gasteiger partial charge in [-0.15, -0.1) is 0 Å².